The van der Waals surface area contributed by atoms with Crippen molar-refractivity contribution in [1.29, 1.82) is 0 Å². The predicted octanol–water partition coefficient (Wildman–Crippen LogP) is 0.830. The molecule has 0 aromatic carbocycles. The van der Waals surface area contributed by atoms with E-state index >= 15 is 0 Å². The van der Waals surface area contributed by atoms with Crippen LogP contribution in [0.2, 0.25) is 0 Å². The second-order valence-electron chi connectivity index (χ2n) is 4.84. The molecule has 2 N–H and O–H groups in total. The van der Waals surface area contributed by atoms with Gasteiger partial charge in [0.1, 0.15) is 0 Å². The normalized spacial score (nSPS) is 30.6. The number of aliphatic hydroxyl groups excluding tert-OH is 1. The lowest BCUT2D eigenvalue weighted by atomic mass is 9.93. The van der Waals surface area contributed by atoms with Gasteiger partial charge in [0.2, 0.25) is 0 Å². The van der Waals surface area contributed by atoms with Crippen LogP contribution < -0.4 is 5.32 Å². The molecule has 3 nitrogen and oxygen atoms in total. The van der Waals surface area contributed by atoms with Gasteiger partial charge in [-0.05, 0) is 46.7 Å². The molecule has 0 spiro atoms. The third kappa shape index (κ3) is 4.40. The molecule has 14 heavy (non-hydrogen) atoms. The van der Waals surface area contributed by atoms with E-state index in [1.54, 1.807) is 0 Å². The molecule has 0 aromatic heterocycles. The van der Waals surface area contributed by atoms with E-state index in [1.807, 2.05) is 0 Å². The fourth-order valence-corrected chi connectivity index (χ4v) is 2.25. The SMILES string of the molecule is CC(CN(C)C)NC1CCC(O)CC1. The fraction of sp³-hybridized carbons (Fsp3) is 1.00. The molecule has 0 heterocycles. The van der Waals surface area contributed by atoms with Crippen LogP contribution in [0.5, 0.6) is 0 Å². The van der Waals surface area contributed by atoms with Gasteiger partial charge in [0.05, 0.1) is 6.10 Å². The maximum absolute atomic E-state index is 9.37. The van der Waals surface area contributed by atoms with Crippen molar-refractivity contribution in [3.05, 3.63) is 0 Å². The number of likely N-dealkylation sites (N-methyl/N-ethyl adjacent to an activating group) is 1. The molecule has 3 heteroatoms. The molecule has 0 bridgehead atoms. The average Bonchev–Trinajstić information content (AvgIpc) is 2.07. The Morgan fingerprint density at radius 1 is 1.29 bits per heavy atom. The van der Waals surface area contributed by atoms with Crippen LogP contribution in [0.3, 0.4) is 0 Å². The van der Waals surface area contributed by atoms with Crippen LogP contribution >= 0.6 is 0 Å². The summed E-state index contributed by atoms with van der Waals surface area (Å²) < 4.78 is 0. The van der Waals surface area contributed by atoms with Crippen molar-refractivity contribution >= 4 is 0 Å². The Morgan fingerprint density at radius 2 is 1.86 bits per heavy atom. The first-order valence-corrected chi connectivity index (χ1v) is 5.66. The van der Waals surface area contributed by atoms with Gasteiger partial charge in [0.25, 0.3) is 0 Å². The maximum Gasteiger partial charge on any atom is 0.0541 e. The lowest BCUT2D eigenvalue weighted by Crippen LogP contribution is -2.44. The lowest BCUT2D eigenvalue weighted by molar-refractivity contribution is 0.113. The molecule has 84 valence electrons. The smallest absolute Gasteiger partial charge is 0.0541 e. The summed E-state index contributed by atoms with van der Waals surface area (Å²) in [7, 11) is 4.20. The molecule has 1 rings (SSSR count). The van der Waals surface area contributed by atoms with Crippen LogP contribution in [-0.4, -0.2) is 48.8 Å². The molecule has 0 radical (unpaired) electrons. The molecule has 0 saturated heterocycles. The summed E-state index contributed by atoms with van der Waals surface area (Å²) in [6, 6.07) is 1.17. The molecule has 1 atom stereocenters. The third-order valence-electron chi connectivity index (χ3n) is 2.86. The molecule has 0 amide bonds. The molecule has 0 aromatic rings. The topological polar surface area (TPSA) is 35.5 Å². The van der Waals surface area contributed by atoms with Crippen molar-refractivity contribution in [3.63, 3.8) is 0 Å². The van der Waals surface area contributed by atoms with E-state index in [2.05, 4.69) is 31.2 Å². The van der Waals surface area contributed by atoms with Crippen LogP contribution in [0.25, 0.3) is 0 Å². The summed E-state index contributed by atoms with van der Waals surface area (Å²) in [5.74, 6) is 0. The Kier molecular flexibility index (Phi) is 4.85. The fourth-order valence-electron chi connectivity index (χ4n) is 2.25. The first kappa shape index (κ1) is 12.0. The van der Waals surface area contributed by atoms with E-state index in [0.717, 1.165) is 32.2 Å². The third-order valence-corrected chi connectivity index (χ3v) is 2.86. The Balaban J connectivity index is 2.17. The number of nitrogens with zero attached hydrogens (tertiary/aromatic N) is 1. The van der Waals surface area contributed by atoms with Crippen LogP contribution in [0.1, 0.15) is 32.6 Å². The minimum atomic E-state index is -0.0443. The van der Waals surface area contributed by atoms with E-state index in [4.69, 9.17) is 0 Å². The first-order valence-electron chi connectivity index (χ1n) is 5.66. The number of nitrogens with one attached hydrogen (secondary N) is 1. The van der Waals surface area contributed by atoms with E-state index in [-0.39, 0.29) is 6.10 Å². The Hall–Kier alpha value is -0.120. The van der Waals surface area contributed by atoms with E-state index in [0.29, 0.717) is 12.1 Å². The molecule has 1 saturated carbocycles. The van der Waals surface area contributed by atoms with Gasteiger partial charge in [0, 0.05) is 18.6 Å². The minimum Gasteiger partial charge on any atom is -0.393 e. The van der Waals surface area contributed by atoms with E-state index in [9.17, 15) is 5.11 Å². The van der Waals surface area contributed by atoms with Crippen molar-refractivity contribution in [2.75, 3.05) is 20.6 Å². The quantitative estimate of drug-likeness (QED) is 0.705. The van der Waals surface area contributed by atoms with Crippen molar-refractivity contribution in [3.8, 4) is 0 Å². The van der Waals surface area contributed by atoms with Gasteiger partial charge in [-0.25, -0.2) is 0 Å². The zero-order chi connectivity index (χ0) is 10.6. The van der Waals surface area contributed by atoms with Gasteiger partial charge in [-0.2, -0.15) is 0 Å². The first-order chi connectivity index (χ1) is 6.58. The molecule has 0 aliphatic heterocycles. The van der Waals surface area contributed by atoms with Crippen LogP contribution in [0.15, 0.2) is 0 Å². The zero-order valence-electron chi connectivity index (χ0n) is 9.66. The summed E-state index contributed by atoms with van der Waals surface area (Å²) in [5.41, 5.74) is 0. The van der Waals surface area contributed by atoms with Gasteiger partial charge in [-0.15, -0.1) is 0 Å². The summed E-state index contributed by atoms with van der Waals surface area (Å²) >= 11 is 0. The molecular weight excluding hydrogens is 176 g/mol. The molecule has 1 aliphatic rings. The zero-order valence-corrected chi connectivity index (χ0v) is 9.66. The van der Waals surface area contributed by atoms with Crippen molar-refractivity contribution in [1.82, 2.24) is 10.2 Å². The average molecular weight is 200 g/mol. The van der Waals surface area contributed by atoms with Crippen molar-refractivity contribution < 1.29 is 5.11 Å². The number of rotatable bonds is 4. The number of aliphatic hydroxyl groups is 1. The van der Waals surface area contributed by atoms with Crippen LogP contribution in [-0.2, 0) is 0 Å². The van der Waals surface area contributed by atoms with Crippen LogP contribution in [0, 0.1) is 0 Å². The highest BCUT2D eigenvalue weighted by atomic mass is 16.3. The Morgan fingerprint density at radius 3 is 2.36 bits per heavy atom. The second kappa shape index (κ2) is 5.69. The summed E-state index contributed by atoms with van der Waals surface area (Å²) in [5, 5.41) is 13.0. The van der Waals surface area contributed by atoms with Gasteiger partial charge in [-0.1, -0.05) is 0 Å². The van der Waals surface area contributed by atoms with E-state index in [1.165, 1.54) is 0 Å². The molecule has 1 unspecified atom stereocenters. The Labute approximate surface area is 87.5 Å². The summed E-state index contributed by atoms with van der Waals surface area (Å²) in [6.07, 6.45) is 4.13. The lowest BCUT2D eigenvalue weighted by Gasteiger charge is -2.30. The summed E-state index contributed by atoms with van der Waals surface area (Å²) in [6.45, 7) is 3.31. The predicted molar refractivity (Wildman–Crippen MR) is 59.4 cm³/mol. The Bertz CT molecular complexity index is 153. The highest BCUT2D eigenvalue weighted by Gasteiger charge is 2.20. The van der Waals surface area contributed by atoms with Crippen molar-refractivity contribution in [2.24, 2.45) is 0 Å². The standard InChI is InChI=1S/C11H24N2O/c1-9(8-13(2)3)12-10-4-6-11(14)7-5-10/h9-12,14H,4-8H2,1-3H3. The molecule has 1 aliphatic carbocycles. The number of hydrogen-bond donors (Lipinski definition) is 2. The summed E-state index contributed by atoms with van der Waals surface area (Å²) in [4.78, 5) is 2.20. The largest absolute Gasteiger partial charge is 0.393 e. The maximum atomic E-state index is 9.37. The molecular formula is C11H24N2O. The van der Waals surface area contributed by atoms with Gasteiger partial charge in [0.15, 0.2) is 0 Å². The van der Waals surface area contributed by atoms with Crippen molar-refractivity contribution in [2.45, 2.75) is 50.8 Å². The van der Waals surface area contributed by atoms with E-state index < -0.39 is 0 Å². The van der Waals surface area contributed by atoms with Gasteiger partial charge < -0.3 is 15.3 Å². The highest BCUT2D eigenvalue weighted by Crippen LogP contribution is 2.18. The monoisotopic (exact) mass is 200 g/mol. The van der Waals surface area contributed by atoms with Crippen LogP contribution in [0.4, 0.5) is 0 Å². The van der Waals surface area contributed by atoms with Gasteiger partial charge in [-0.3, -0.25) is 0 Å². The molecule has 1 fully saturated rings. The number of hydrogen-bond acceptors (Lipinski definition) is 3. The highest BCUT2D eigenvalue weighted by molar-refractivity contribution is 4.79. The second-order valence-corrected chi connectivity index (χ2v) is 4.84. The van der Waals surface area contributed by atoms with Gasteiger partial charge >= 0.3 is 0 Å². The minimum absolute atomic E-state index is 0.0443.